The van der Waals surface area contributed by atoms with Crippen molar-refractivity contribution in [3.63, 3.8) is 0 Å². The molecule has 0 rings (SSSR count). The molecule has 0 bridgehead atoms. The first-order valence-corrected chi connectivity index (χ1v) is 5.36. The molecule has 0 saturated carbocycles. The molecule has 0 heterocycles. The molecule has 0 atom stereocenters. The Morgan fingerprint density at radius 1 is 1.12 bits per heavy atom. The van der Waals surface area contributed by atoms with E-state index in [9.17, 15) is 0 Å². The summed E-state index contributed by atoms with van der Waals surface area (Å²) in [4.78, 5) is 3.40. The van der Waals surface area contributed by atoms with Gasteiger partial charge in [-0.05, 0) is 20.3 Å². The lowest BCUT2D eigenvalue weighted by Crippen LogP contribution is -2.37. The monoisotopic (exact) mass is 230 g/mol. The molecule has 0 aliphatic carbocycles. The van der Waals surface area contributed by atoms with Crippen molar-refractivity contribution in [3.8, 4) is 0 Å². The van der Waals surface area contributed by atoms with E-state index in [-0.39, 0.29) is 11.9 Å². The van der Waals surface area contributed by atoms with Crippen LogP contribution in [0.15, 0.2) is 0 Å². The summed E-state index contributed by atoms with van der Waals surface area (Å²) in [5.74, 6) is 0.270. The quantitative estimate of drug-likeness (QED) is 0.417. The van der Waals surface area contributed by atoms with Crippen molar-refractivity contribution in [3.05, 3.63) is 0 Å². The van der Waals surface area contributed by atoms with Crippen molar-refractivity contribution in [1.29, 1.82) is 10.8 Å². The van der Waals surface area contributed by atoms with E-state index in [1.807, 2.05) is 20.9 Å². The van der Waals surface area contributed by atoms with E-state index < -0.39 is 0 Å². The highest BCUT2D eigenvalue weighted by Gasteiger charge is 2.01. The van der Waals surface area contributed by atoms with Crippen LogP contribution in [0.4, 0.5) is 0 Å². The predicted molar refractivity (Wildman–Crippen MR) is 69.6 cm³/mol. The molecule has 0 aliphatic heterocycles. The lowest BCUT2D eigenvalue weighted by molar-refractivity contribution is 0.410. The van der Waals surface area contributed by atoms with Gasteiger partial charge in [-0.15, -0.1) is 0 Å². The summed E-state index contributed by atoms with van der Waals surface area (Å²) in [6.45, 7) is 6.90. The fourth-order valence-corrected chi connectivity index (χ4v) is 0.734. The molecule has 0 aromatic heterocycles. The highest BCUT2D eigenvalue weighted by molar-refractivity contribution is 5.74. The zero-order chi connectivity index (χ0) is 13.3. The molecular formula is C10H26N6. The summed E-state index contributed by atoms with van der Waals surface area (Å²) in [7, 11) is 3.61. The predicted octanol–water partition coefficient (Wildman–Crippen LogP) is 0.442. The number of hydrogen-bond donors (Lipinski definition) is 4. The Bertz CT molecular complexity index is 213. The van der Waals surface area contributed by atoms with E-state index in [1.54, 1.807) is 16.8 Å². The van der Waals surface area contributed by atoms with Gasteiger partial charge in [0.1, 0.15) is 0 Å². The van der Waals surface area contributed by atoms with Gasteiger partial charge in [0.15, 0.2) is 11.9 Å². The summed E-state index contributed by atoms with van der Waals surface area (Å²) < 4.78 is 0. The molecule has 0 spiro atoms. The first-order chi connectivity index (χ1) is 7.23. The normalized spacial score (nSPS) is 9.12. The third-order valence-corrected chi connectivity index (χ3v) is 2.12. The maximum absolute atomic E-state index is 6.93. The molecule has 6 heteroatoms. The molecule has 0 amide bonds. The SMILES string of the molecule is CC(C)N(C)C(=N)N.CCCN(C)C(=N)N. The highest BCUT2D eigenvalue weighted by atomic mass is 15.2. The number of nitrogens with zero attached hydrogens (tertiary/aromatic N) is 2. The van der Waals surface area contributed by atoms with E-state index in [2.05, 4.69) is 6.92 Å². The van der Waals surface area contributed by atoms with Gasteiger partial charge in [0.2, 0.25) is 0 Å². The molecule has 0 saturated heterocycles. The van der Waals surface area contributed by atoms with Gasteiger partial charge in [-0.2, -0.15) is 0 Å². The second-order valence-corrected chi connectivity index (χ2v) is 3.90. The molecule has 6 N–H and O–H groups in total. The fraction of sp³-hybridized carbons (Fsp3) is 0.800. The number of rotatable bonds is 3. The van der Waals surface area contributed by atoms with Crippen molar-refractivity contribution in [2.45, 2.75) is 33.2 Å². The average Bonchev–Trinajstić information content (AvgIpc) is 2.17. The van der Waals surface area contributed by atoms with Crippen LogP contribution in [0.2, 0.25) is 0 Å². The Balaban J connectivity index is 0. The van der Waals surface area contributed by atoms with Crippen LogP contribution in [-0.4, -0.2) is 48.4 Å². The van der Waals surface area contributed by atoms with Gasteiger partial charge in [-0.1, -0.05) is 6.92 Å². The van der Waals surface area contributed by atoms with Gasteiger partial charge < -0.3 is 21.3 Å². The minimum absolute atomic E-state index is 0.125. The summed E-state index contributed by atoms with van der Waals surface area (Å²) in [5.41, 5.74) is 10.3. The lowest BCUT2D eigenvalue weighted by Gasteiger charge is -2.20. The van der Waals surface area contributed by atoms with Crippen molar-refractivity contribution >= 4 is 11.9 Å². The van der Waals surface area contributed by atoms with E-state index in [4.69, 9.17) is 22.3 Å². The van der Waals surface area contributed by atoms with Gasteiger partial charge in [-0.25, -0.2) is 0 Å². The van der Waals surface area contributed by atoms with Crippen LogP contribution >= 0.6 is 0 Å². The molecule has 0 radical (unpaired) electrons. The Kier molecular flexibility index (Phi) is 9.34. The third kappa shape index (κ3) is 9.11. The van der Waals surface area contributed by atoms with Crippen LogP contribution in [0, 0.1) is 10.8 Å². The van der Waals surface area contributed by atoms with E-state index in [0.717, 1.165) is 13.0 Å². The van der Waals surface area contributed by atoms with E-state index in [0.29, 0.717) is 6.04 Å². The molecule has 0 fully saturated rings. The van der Waals surface area contributed by atoms with Crippen LogP contribution in [-0.2, 0) is 0 Å². The minimum atomic E-state index is 0.125. The van der Waals surface area contributed by atoms with Crippen LogP contribution < -0.4 is 11.5 Å². The summed E-state index contributed by atoms with van der Waals surface area (Å²) in [6, 6.07) is 0.326. The second kappa shape index (κ2) is 8.82. The first kappa shape index (κ1) is 17.0. The number of nitrogens with two attached hydrogens (primary N) is 2. The largest absolute Gasteiger partial charge is 0.370 e. The minimum Gasteiger partial charge on any atom is -0.370 e. The Morgan fingerprint density at radius 2 is 1.56 bits per heavy atom. The first-order valence-electron chi connectivity index (χ1n) is 5.36. The Hall–Kier alpha value is -1.46. The van der Waals surface area contributed by atoms with E-state index in [1.165, 1.54) is 0 Å². The van der Waals surface area contributed by atoms with Crippen LogP contribution in [0.25, 0.3) is 0 Å². The van der Waals surface area contributed by atoms with Crippen LogP contribution in [0.3, 0.4) is 0 Å². The molecule has 16 heavy (non-hydrogen) atoms. The molecule has 0 aromatic rings. The zero-order valence-electron chi connectivity index (χ0n) is 11.0. The number of nitrogens with one attached hydrogen (secondary N) is 2. The van der Waals surface area contributed by atoms with Crippen molar-refractivity contribution in [2.24, 2.45) is 11.5 Å². The van der Waals surface area contributed by atoms with Crippen molar-refractivity contribution in [1.82, 2.24) is 9.80 Å². The van der Waals surface area contributed by atoms with Gasteiger partial charge in [-0.3, -0.25) is 10.8 Å². The smallest absolute Gasteiger partial charge is 0.188 e. The zero-order valence-corrected chi connectivity index (χ0v) is 11.0. The van der Waals surface area contributed by atoms with Gasteiger partial charge >= 0.3 is 0 Å². The van der Waals surface area contributed by atoms with E-state index >= 15 is 0 Å². The maximum Gasteiger partial charge on any atom is 0.188 e. The van der Waals surface area contributed by atoms with Gasteiger partial charge in [0.05, 0.1) is 0 Å². The molecular weight excluding hydrogens is 204 g/mol. The third-order valence-electron chi connectivity index (χ3n) is 2.12. The summed E-state index contributed by atoms with van der Waals surface area (Å²) in [6.07, 6.45) is 1.04. The van der Waals surface area contributed by atoms with Crippen LogP contribution in [0.1, 0.15) is 27.2 Å². The van der Waals surface area contributed by atoms with Crippen molar-refractivity contribution < 1.29 is 0 Å². The van der Waals surface area contributed by atoms with Gasteiger partial charge in [0.25, 0.3) is 0 Å². The lowest BCUT2D eigenvalue weighted by atomic mass is 10.4. The van der Waals surface area contributed by atoms with Crippen molar-refractivity contribution in [2.75, 3.05) is 20.6 Å². The average molecular weight is 230 g/mol. The molecule has 0 unspecified atom stereocenters. The number of hydrogen-bond acceptors (Lipinski definition) is 2. The summed E-state index contributed by atoms with van der Waals surface area (Å²) >= 11 is 0. The van der Waals surface area contributed by atoms with Gasteiger partial charge in [0, 0.05) is 26.7 Å². The van der Waals surface area contributed by atoms with Crippen LogP contribution in [0.5, 0.6) is 0 Å². The highest BCUT2D eigenvalue weighted by Crippen LogP contribution is 1.89. The Morgan fingerprint density at radius 3 is 1.62 bits per heavy atom. The maximum atomic E-state index is 6.93. The second-order valence-electron chi connectivity index (χ2n) is 3.90. The number of guanidine groups is 2. The topological polar surface area (TPSA) is 106 Å². The fourth-order valence-electron chi connectivity index (χ4n) is 0.734. The Labute approximate surface area is 98.6 Å². The molecule has 0 aliphatic rings. The molecule has 0 aromatic carbocycles. The molecule has 96 valence electrons. The standard InChI is InChI=1S/2C5H13N3/c1-4(2)8(3)5(6)7;1-3-4-8(2)5(6)7/h4H,1-3H3,(H3,6,7);3-4H2,1-2H3,(H3,6,7). The molecule has 6 nitrogen and oxygen atoms in total. The summed E-state index contributed by atoms with van der Waals surface area (Å²) in [5, 5.41) is 13.8.